The monoisotopic (exact) mass is 224 g/mol. The van der Waals surface area contributed by atoms with Gasteiger partial charge in [0.25, 0.3) is 0 Å². The number of aryl methyl sites for hydroxylation is 2. The molecular formula is C11H16N2OS. The first-order valence-electron chi connectivity index (χ1n) is 5.71. The highest BCUT2D eigenvalue weighted by molar-refractivity contribution is 7.15. The zero-order valence-corrected chi connectivity index (χ0v) is 9.59. The quantitative estimate of drug-likeness (QED) is 0.826. The van der Waals surface area contributed by atoms with Crippen molar-refractivity contribution in [3.8, 4) is 0 Å². The molecule has 1 N–H and O–H groups in total. The molecule has 1 aliphatic carbocycles. The van der Waals surface area contributed by atoms with Crippen molar-refractivity contribution >= 4 is 16.5 Å². The van der Waals surface area contributed by atoms with Gasteiger partial charge in [-0.2, -0.15) is 0 Å². The minimum absolute atomic E-state index is 0.321. The average molecular weight is 224 g/mol. The Kier molecular flexibility index (Phi) is 2.41. The first-order valence-corrected chi connectivity index (χ1v) is 6.53. The van der Waals surface area contributed by atoms with Crippen molar-refractivity contribution in [3.05, 3.63) is 10.6 Å². The van der Waals surface area contributed by atoms with E-state index >= 15 is 0 Å². The van der Waals surface area contributed by atoms with Crippen LogP contribution in [0.25, 0.3) is 0 Å². The number of hydrogen-bond donors (Lipinski definition) is 1. The molecule has 82 valence electrons. The molecule has 0 bridgehead atoms. The van der Waals surface area contributed by atoms with Crippen LogP contribution in [0.3, 0.4) is 0 Å². The Morgan fingerprint density at radius 1 is 1.47 bits per heavy atom. The molecule has 1 unspecified atom stereocenters. The van der Waals surface area contributed by atoms with Crippen LogP contribution < -0.4 is 4.90 Å². The Labute approximate surface area is 93.8 Å². The second-order valence-corrected chi connectivity index (χ2v) is 5.57. The summed E-state index contributed by atoms with van der Waals surface area (Å²) < 4.78 is 0. The summed E-state index contributed by atoms with van der Waals surface area (Å²) in [4.78, 5) is 8.54. The Morgan fingerprint density at radius 3 is 3.13 bits per heavy atom. The third kappa shape index (κ3) is 1.66. The normalized spacial score (nSPS) is 24.9. The molecule has 1 fully saturated rings. The van der Waals surface area contributed by atoms with Crippen LogP contribution in [0, 0.1) is 5.92 Å². The third-order valence-electron chi connectivity index (χ3n) is 3.40. The molecule has 0 radical (unpaired) electrons. The van der Waals surface area contributed by atoms with Gasteiger partial charge in [0.15, 0.2) is 5.13 Å². The molecule has 0 saturated carbocycles. The number of nitrogens with zero attached hydrogens (tertiary/aromatic N) is 2. The number of rotatable bonds is 2. The SMILES string of the molecule is OCC1CCN(c2nc3c(s2)CCC3)C1. The summed E-state index contributed by atoms with van der Waals surface area (Å²) in [5.74, 6) is 0.462. The largest absolute Gasteiger partial charge is 0.396 e. The van der Waals surface area contributed by atoms with E-state index in [4.69, 9.17) is 10.1 Å². The molecule has 3 rings (SSSR count). The topological polar surface area (TPSA) is 36.4 Å². The Balaban J connectivity index is 1.76. The number of anilines is 1. The minimum atomic E-state index is 0.321. The predicted molar refractivity (Wildman–Crippen MR) is 61.5 cm³/mol. The lowest BCUT2D eigenvalue weighted by Gasteiger charge is -2.14. The summed E-state index contributed by atoms with van der Waals surface area (Å²) in [5, 5.41) is 10.3. The minimum Gasteiger partial charge on any atom is -0.396 e. The number of aromatic nitrogens is 1. The van der Waals surface area contributed by atoms with E-state index in [2.05, 4.69) is 4.90 Å². The molecule has 4 heteroatoms. The number of aliphatic hydroxyl groups excluding tert-OH is 1. The van der Waals surface area contributed by atoms with Gasteiger partial charge >= 0.3 is 0 Å². The molecule has 1 aliphatic heterocycles. The maximum Gasteiger partial charge on any atom is 0.185 e. The number of hydrogen-bond acceptors (Lipinski definition) is 4. The van der Waals surface area contributed by atoms with Gasteiger partial charge in [-0.1, -0.05) is 0 Å². The lowest BCUT2D eigenvalue weighted by atomic mass is 10.1. The van der Waals surface area contributed by atoms with Gasteiger partial charge in [0.1, 0.15) is 0 Å². The van der Waals surface area contributed by atoms with E-state index in [-0.39, 0.29) is 0 Å². The Morgan fingerprint density at radius 2 is 2.40 bits per heavy atom. The van der Waals surface area contributed by atoms with Crippen LogP contribution in [0.5, 0.6) is 0 Å². The van der Waals surface area contributed by atoms with Crippen LogP contribution in [-0.2, 0) is 12.8 Å². The number of thiazole rings is 1. The van der Waals surface area contributed by atoms with E-state index in [0.717, 1.165) is 19.5 Å². The van der Waals surface area contributed by atoms with Gasteiger partial charge < -0.3 is 10.0 Å². The Hall–Kier alpha value is -0.610. The molecule has 3 nitrogen and oxygen atoms in total. The zero-order valence-electron chi connectivity index (χ0n) is 8.78. The van der Waals surface area contributed by atoms with Gasteiger partial charge in [0.2, 0.25) is 0 Å². The third-order valence-corrected chi connectivity index (χ3v) is 4.62. The molecular weight excluding hydrogens is 208 g/mol. The fraction of sp³-hybridized carbons (Fsp3) is 0.727. The summed E-state index contributed by atoms with van der Waals surface area (Å²) in [5.41, 5.74) is 1.34. The highest BCUT2D eigenvalue weighted by atomic mass is 32.1. The maximum atomic E-state index is 9.10. The zero-order chi connectivity index (χ0) is 10.3. The Bertz CT molecular complexity index is 342. The second kappa shape index (κ2) is 3.76. The van der Waals surface area contributed by atoms with Crippen molar-refractivity contribution in [1.82, 2.24) is 4.98 Å². The van der Waals surface area contributed by atoms with Crippen molar-refractivity contribution < 1.29 is 5.11 Å². The molecule has 2 heterocycles. The molecule has 15 heavy (non-hydrogen) atoms. The standard InChI is InChI=1S/C11H16N2OS/c14-7-8-4-5-13(6-8)11-12-9-2-1-3-10(9)15-11/h8,14H,1-7H2. The van der Waals surface area contributed by atoms with E-state index in [9.17, 15) is 0 Å². The summed E-state index contributed by atoms with van der Waals surface area (Å²) >= 11 is 1.86. The van der Waals surface area contributed by atoms with Crippen LogP contribution in [0.4, 0.5) is 5.13 Å². The number of fused-ring (bicyclic) bond motifs is 1. The lowest BCUT2D eigenvalue weighted by molar-refractivity contribution is 0.238. The second-order valence-electron chi connectivity index (χ2n) is 4.50. The van der Waals surface area contributed by atoms with Crippen LogP contribution in [0.2, 0.25) is 0 Å². The van der Waals surface area contributed by atoms with Gasteiger partial charge in [-0.05, 0) is 25.7 Å². The smallest absolute Gasteiger partial charge is 0.185 e. The van der Waals surface area contributed by atoms with Crippen molar-refractivity contribution in [2.75, 3.05) is 24.6 Å². The summed E-state index contributed by atoms with van der Waals surface area (Å²) in [6.07, 6.45) is 4.79. The van der Waals surface area contributed by atoms with Gasteiger partial charge in [-0.15, -0.1) is 11.3 Å². The summed E-state index contributed by atoms with van der Waals surface area (Å²) in [7, 11) is 0. The first kappa shape index (κ1) is 9.60. The molecule has 1 saturated heterocycles. The van der Waals surface area contributed by atoms with Crippen molar-refractivity contribution in [2.24, 2.45) is 5.92 Å². The number of aliphatic hydroxyl groups is 1. The van der Waals surface area contributed by atoms with Crippen molar-refractivity contribution in [2.45, 2.75) is 25.7 Å². The van der Waals surface area contributed by atoms with Gasteiger partial charge in [0.05, 0.1) is 5.69 Å². The van der Waals surface area contributed by atoms with Crippen LogP contribution in [0.1, 0.15) is 23.4 Å². The van der Waals surface area contributed by atoms with Crippen LogP contribution in [0.15, 0.2) is 0 Å². The lowest BCUT2D eigenvalue weighted by Crippen LogP contribution is -2.20. The molecule has 2 aliphatic rings. The first-order chi connectivity index (χ1) is 7.36. The van der Waals surface area contributed by atoms with E-state index in [1.165, 1.54) is 35.0 Å². The average Bonchev–Trinajstić information content (AvgIpc) is 2.91. The summed E-state index contributed by atoms with van der Waals surface area (Å²) in [6.45, 7) is 2.38. The van der Waals surface area contributed by atoms with Crippen LogP contribution in [-0.4, -0.2) is 29.8 Å². The molecule has 1 atom stereocenters. The van der Waals surface area contributed by atoms with E-state index in [1.807, 2.05) is 11.3 Å². The predicted octanol–water partition coefficient (Wildman–Crippen LogP) is 1.45. The van der Waals surface area contributed by atoms with E-state index < -0.39 is 0 Å². The van der Waals surface area contributed by atoms with Gasteiger partial charge in [0, 0.05) is 30.5 Å². The highest BCUT2D eigenvalue weighted by Crippen LogP contribution is 2.34. The highest BCUT2D eigenvalue weighted by Gasteiger charge is 2.26. The van der Waals surface area contributed by atoms with Gasteiger partial charge in [-0.25, -0.2) is 4.98 Å². The van der Waals surface area contributed by atoms with E-state index in [1.54, 1.807) is 0 Å². The van der Waals surface area contributed by atoms with Crippen molar-refractivity contribution in [3.63, 3.8) is 0 Å². The van der Waals surface area contributed by atoms with E-state index in [0.29, 0.717) is 12.5 Å². The van der Waals surface area contributed by atoms with Crippen molar-refractivity contribution in [1.29, 1.82) is 0 Å². The molecule has 1 aromatic rings. The summed E-state index contributed by atoms with van der Waals surface area (Å²) in [6, 6.07) is 0. The molecule has 1 aromatic heterocycles. The van der Waals surface area contributed by atoms with Gasteiger partial charge in [-0.3, -0.25) is 0 Å². The molecule has 0 aromatic carbocycles. The molecule has 0 amide bonds. The fourth-order valence-corrected chi connectivity index (χ4v) is 3.65. The fourth-order valence-electron chi connectivity index (χ4n) is 2.47. The molecule has 0 spiro atoms. The maximum absolute atomic E-state index is 9.10. The van der Waals surface area contributed by atoms with Crippen LogP contribution >= 0.6 is 11.3 Å².